The summed E-state index contributed by atoms with van der Waals surface area (Å²) < 4.78 is 0. The van der Waals surface area contributed by atoms with E-state index in [-0.39, 0.29) is 6.04 Å². The number of benzene rings is 1. The summed E-state index contributed by atoms with van der Waals surface area (Å²) in [5.74, 6) is 0. The molecule has 2 N–H and O–H groups in total. The van der Waals surface area contributed by atoms with Crippen LogP contribution in [0.15, 0.2) is 24.3 Å². The standard InChI is InChI=1S/C14H21N3/c1-3-9-17(13(4-2)10-15)11-12-7-5-6-8-14(12)16/h5-8,13H,3-4,9,11,16H2,1-2H3. The second-order valence-corrected chi connectivity index (χ2v) is 4.22. The van der Waals surface area contributed by atoms with Gasteiger partial charge in [0, 0.05) is 12.2 Å². The third-order valence-electron chi connectivity index (χ3n) is 2.92. The van der Waals surface area contributed by atoms with E-state index in [2.05, 4.69) is 17.9 Å². The highest BCUT2D eigenvalue weighted by atomic mass is 15.1. The largest absolute Gasteiger partial charge is 0.398 e. The van der Waals surface area contributed by atoms with Gasteiger partial charge in [0.25, 0.3) is 0 Å². The van der Waals surface area contributed by atoms with Crippen molar-refractivity contribution < 1.29 is 0 Å². The van der Waals surface area contributed by atoms with Gasteiger partial charge in [0.15, 0.2) is 0 Å². The van der Waals surface area contributed by atoms with Crippen molar-refractivity contribution in [3.05, 3.63) is 29.8 Å². The second kappa shape index (κ2) is 6.93. The average molecular weight is 231 g/mol. The van der Waals surface area contributed by atoms with Gasteiger partial charge < -0.3 is 5.73 Å². The van der Waals surface area contributed by atoms with E-state index in [0.717, 1.165) is 37.2 Å². The summed E-state index contributed by atoms with van der Waals surface area (Å²) in [6.45, 7) is 5.86. The van der Waals surface area contributed by atoms with Gasteiger partial charge in [0.2, 0.25) is 0 Å². The van der Waals surface area contributed by atoms with E-state index in [1.165, 1.54) is 0 Å². The molecular formula is C14H21N3. The Balaban J connectivity index is 2.80. The summed E-state index contributed by atoms with van der Waals surface area (Å²) in [6, 6.07) is 10.2. The maximum Gasteiger partial charge on any atom is 0.0978 e. The maximum atomic E-state index is 9.15. The molecule has 1 rings (SSSR count). The number of nitrogens with zero attached hydrogens (tertiary/aromatic N) is 2. The van der Waals surface area contributed by atoms with Crippen LogP contribution in [0.3, 0.4) is 0 Å². The van der Waals surface area contributed by atoms with Crippen molar-refractivity contribution >= 4 is 5.69 Å². The minimum absolute atomic E-state index is 0.0189. The Bertz CT molecular complexity index is 381. The highest BCUT2D eigenvalue weighted by Gasteiger charge is 2.16. The van der Waals surface area contributed by atoms with Crippen molar-refractivity contribution in [2.24, 2.45) is 0 Å². The number of anilines is 1. The fourth-order valence-corrected chi connectivity index (χ4v) is 1.96. The van der Waals surface area contributed by atoms with E-state index in [1.807, 2.05) is 31.2 Å². The number of hydrogen-bond donors (Lipinski definition) is 1. The number of nitrogens with two attached hydrogens (primary N) is 1. The molecule has 0 aliphatic carbocycles. The molecule has 1 aromatic rings. The first-order chi connectivity index (χ1) is 8.22. The zero-order valence-electron chi connectivity index (χ0n) is 10.7. The molecule has 92 valence electrons. The van der Waals surface area contributed by atoms with E-state index in [4.69, 9.17) is 11.0 Å². The first kappa shape index (κ1) is 13.5. The third kappa shape index (κ3) is 3.76. The van der Waals surface area contributed by atoms with Crippen LogP contribution in [0.5, 0.6) is 0 Å². The van der Waals surface area contributed by atoms with Gasteiger partial charge in [-0.15, -0.1) is 0 Å². The third-order valence-corrected chi connectivity index (χ3v) is 2.92. The van der Waals surface area contributed by atoms with Gasteiger partial charge in [0.1, 0.15) is 0 Å². The molecule has 0 amide bonds. The lowest BCUT2D eigenvalue weighted by atomic mass is 10.1. The van der Waals surface area contributed by atoms with Crippen LogP contribution in [-0.4, -0.2) is 17.5 Å². The SMILES string of the molecule is CCCN(Cc1ccccc1N)C(C#N)CC. The lowest BCUT2D eigenvalue weighted by Crippen LogP contribution is -2.34. The fourth-order valence-electron chi connectivity index (χ4n) is 1.96. The fraction of sp³-hybridized carbons (Fsp3) is 0.500. The van der Waals surface area contributed by atoms with Crippen molar-refractivity contribution in [1.29, 1.82) is 5.26 Å². The van der Waals surface area contributed by atoms with E-state index < -0.39 is 0 Å². The van der Waals surface area contributed by atoms with Crippen molar-refractivity contribution in [2.75, 3.05) is 12.3 Å². The van der Waals surface area contributed by atoms with E-state index >= 15 is 0 Å². The highest BCUT2D eigenvalue weighted by Crippen LogP contribution is 2.16. The quantitative estimate of drug-likeness (QED) is 0.766. The minimum atomic E-state index is -0.0189. The van der Waals surface area contributed by atoms with Crippen molar-refractivity contribution in [3.63, 3.8) is 0 Å². The molecule has 1 aromatic carbocycles. The van der Waals surface area contributed by atoms with Crippen LogP contribution in [0, 0.1) is 11.3 Å². The molecule has 1 unspecified atom stereocenters. The number of para-hydroxylation sites is 1. The molecule has 1 atom stereocenters. The molecule has 3 nitrogen and oxygen atoms in total. The Hall–Kier alpha value is -1.53. The molecular weight excluding hydrogens is 210 g/mol. The number of rotatable bonds is 6. The number of nitrogen functional groups attached to an aromatic ring is 1. The molecule has 0 fully saturated rings. The van der Waals surface area contributed by atoms with Crippen LogP contribution < -0.4 is 5.73 Å². The van der Waals surface area contributed by atoms with Crippen LogP contribution in [0.1, 0.15) is 32.3 Å². The molecule has 0 aromatic heterocycles. The van der Waals surface area contributed by atoms with Crippen molar-refractivity contribution in [3.8, 4) is 6.07 Å². The van der Waals surface area contributed by atoms with Crippen molar-refractivity contribution in [1.82, 2.24) is 4.90 Å². The van der Waals surface area contributed by atoms with Crippen LogP contribution >= 0.6 is 0 Å². The normalized spacial score (nSPS) is 12.4. The van der Waals surface area contributed by atoms with Gasteiger partial charge in [-0.05, 0) is 31.0 Å². The van der Waals surface area contributed by atoms with Gasteiger partial charge >= 0.3 is 0 Å². The van der Waals surface area contributed by atoms with E-state index in [1.54, 1.807) is 0 Å². The summed E-state index contributed by atoms with van der Waals surface area (Å²) >= 11 is 0. The molecule has 0 heterocycles. The molecule has 0 aliphatic rings. The van der Waals surface area contributed by atoms with E-state index in [0.29, 0.717) is 0 Å². The summed E-state index contributed by atoms with van der Waals surface area (Å²) in [6.07, 6.45) is 1.90. The van der Waals surface area contributed by atoms with Crippen LogP contribution in [-0.2, 0) is 6.54 Å². The molecule has 17 heavy (non-hydrogen) atoms. The minimum Gasteiger partial charge on any atom is -0.398 e. The van der Waals surface area contributed by atoms with Gasteiger partial charge in [-0.3, -0.25) is 4.90 Å². The van der Waals surface area contributed by atoms with Crippen LogP contribution in [0.2, 0.25) is 0 Å². The average Bonchev–Trinajstić information content (AvgIpc) is 2.34. The second-order valence-electron chi connectivity index (χ2n) is 4.22. The Labute approximate surface area is 104 Å². The Morgan fingerprint density at radius 1 is 1.35 bits per heavy atom. The van der Waals surface area contributed by atoms with Crippen LogP contribution in [0.25, 0.3) is 0 Å². The Morgan fingerprint density at radius 2 is 2.06 bits per heavy atom. The smallest absolute Gasteiger partial charge is 0.0978 e. The zero-order chi connectivity index (χ0) is 12.7. The Morgan fingerprint density at radius 3 is 2.59 bits per heavy atom. The Kier molecular flexibility index (Phi) is 5.51. The van der Waals surface area contributed by atoms with Gasteiger partial charge in [-0.1, -0.05) is 32.0 Å². The van der Waals surface area contributed by atoms with Gasteiger partial charge in [-0.2, -0.15) is 5.26 Å². The van der Waals surface area contributed by atoms with Gasteiger partial charge in [0.05, 0.1) is 12.1 Å². The van der Waals surface area contributed by atoms with E-state index in [9.17, 15) is 0 Å². The molecule has 0 radical (unpaired) electrons. The molecule has 0 saturated carbocycles. The number of nitriles is 1. The topological polar surface area (TPSA) is 53.0 Å². The maximum absolute atomic E-state index is 9.15. The molecule has 3 heteroatoms. The first-order valence-electron chi connectivity index (χ1n) is 6.19. The predicted octanol–water partition coefficient (Wildman–Crippen LogP) is 2.78. The first-order valence-corrected chi connectivity index (χ1v) is 6.19. The number of hydrogen-bond acceptors (Lipinski definition) is 3. The lowest BCUT2D eigenvalue weighted by Gasteiger charge is -2.26. The summed E-state index contributed by atoms with van der Waals surface area (Å²) in [5.41, 5.74) is 7.85. The zero-order valence-corrected chi connectivity index (χ0v) is 10.7. The van der Waals surface area contributed by atoms with Crippen LogP contribution in [0.4, 0.5) is 5.69 Å². The summed E-state index contributed by atoms with van der Waals surface area (Å²) in [7, 11) is 0. The molecule has 0 saturated heterocycles. The monoisotopic (exact) mass is 231 g/mol. The molecule has 0 spiro atoms. The molecule has 0 bridgehead atoms. The summed E-state index contributed by atoms with van der Waals surface area (Å²) in [4.78, 5) is 2.20. The lowest BCUT2D eigenvalue weighted by molar-refractivity contribution is 0.221. The molecule has 0 aliphatic heterocycles. The highest BCUT2D eigenvalue weighted by molar-refractivity contribution is 5.46. The van der Waals surface area contributed by atoms with Crippen molar-refractivity contribution in [2.45, 2.75) is 39.3 Å². The summed E-state index contributed by atoms with van der Waals surface area (Å²) in [5, 5.41) is 9.15. The van der Waals surface area contributed by atoms with Gasteiger partial charge in [-0.25, -0.2) is 0 Å². The predicted molar refractivity (Wildman–Crippen MR) is 71.2 cm³/mol.